The lowest BCUT2D eigenvalue weighted by Gasteiger charge is -2.32. The largest absolute Gasteiger partial charge is 0.496 e. The molecule has 0 aliphatic carbocycles. The SMILES string of the molecule is CCCN1CCC[C@@H](NS(=O)(=O)c2cc(OC)c(C)cc2OC)C1. The molecule has 7 heteroatoms. The van der Waals surface area contributed by atoms with E-state index in [0.717, 1.165) is 44.5 Å². The number of benzene rings is 1. The number of aryl methyl sites for hydroxylation is 1. The van der Waals surface area contributed by atoms with Gasteiger partial charge in [0, 0.05) is 18.7 Å². The molecular formula is C17H28N2O4S. The normalized spacial score (nSPS) is 19.2. The lowest BCUT2D eigenvalue weighted by molar-refractivity contribution is 0.202. The van der Waals surface area contributed by atoms with Crippen LogP contribution in [0.1, 0.15) is 31.7 Å². The molecule has 1 atom stereocenters. The fourth-order valence-corrected chi connectivity index (χ4v) is 4.61. The van der Waals surface area contributed by atoms with Crippen molar-refractivity contribution >= 4 is 10.0 Å². The molecule has 6 nitrogen and oxygen atoms in total. The van der Waals surface area contributed by atoms with Gasteiger partial charge in [0.15, 0.2) is 0 Å². The molecule has 0 saturated carbocycles. The van der Waals surface area contributed by atoms with Crippen LogP contribution in [0.3, 0.4) is 0 Å². The van der Waals surface area contributed by atoms with E-state index in [4.69, 9.17) is 9.47 Å². The van der Waals surface area contributed by atoms with Crippen LogP contribution in [0.5, 0.6) is 11.5 Å². The second-order valence-corrected chi connectivity index (χ2v) is 7.92. The summed E-state index contributed by atoms with van der Waals surface area (Å²) in [5.74, 6) is 0.870. The van der Waals surface area contributed by atoms with E-state index in [-0.39, 0.29) is 10.9 Å². The zero-order chi connectivity index (χ0) is 17.7. The molecule has 0 radical (unpaired) electrons. The van der Waals surface area contributed by atoms with Gasteiger partial charge in [-0.2, -0.15) is 0 Å². The Kier molecular flexibility index (Phi) is 6.48. The van der Waals surface area contributed by atoms with Crippen LogP contribution < -0.4 is 14.2 Å². The maximum atomic E-state index is 12.9. The molecule has 1 aromatic rings. The molecule has 1 heterocycles. The first-order valence-electron chi connectivity index (χ1n) is 8.38. The summed E-state index contributed by atoms with van der Waals surface area (Å²) in [7, 11) is -0.666. The molecule has 0 unspecified atom stereocenters. The van der Waals surface area contributed by atoms with E-state index in [1.807, 2.05) is 6.92 Å². The standard InChI is InChI=1S/C17H28N2O4S/c1-5-8-19-9-6-7-14(12-19)18-24(20,21)17-11-15(22-3)13(2)10-16(17)23-4/h10-11,14,18H,5-9,12H2,1-4H3/t14-/m1/s1. The number of nitrogens with one attached hydrogen (secondary N) is 1. The highest BCUT2D eigenvalue weighted by Crippen LogP contribution is 2.31. The summed E-state index contributed by atoms with van der Waals surface area (Å²) < 4.78 is 39.1. The molecule has 2 rings (SSSR count). The highest BCUT2D eigenvalue weighted by Gasteiger charge is 2.28. The predicted molar refractivity (Wildman–Crippen MR) is 94.4 cm³/mol. The third kappa shape index (κ3) is 4.40. The Morgan fingerprint density at radius 3 is 2.58 bits per heavy atom. The molecule has 1 saturated heterocycles. The molecule has 136 valence electrons. The zero-order valence-electron chi connectivity index (χ0n) is 15.0. The van der Waals surface area contributed by atoms with Gasteiger partial charge in [-0.1, -0.05) is 6.92 Å². The van der Waals surface area contributed by atoms with Crippen molar-refractivity contribution in [2.45, 2.75) is 44.0 Å². The van der Waals surface area contributed by atoms with E-state index in [1.165, 1.54) is 20.3 Å². The van der Waals surface area contributed by atoms with Crippen LogP contribution in [0.4, 0.5) is 0 Å². The Morgan fingerprint density at radius 2 is 1.96 bits per heavy atom. The number of ether oxygens (including phenoxy) is 2. The fourth-order valence-electron chi connectivity index (χ4n) is 3.19. The lowest BCUT2D eigenvalue weighted by Crippen LogP contribution is -2.47. The molecule has 0 amide bonds. The Hall–Kier alpha value is -1.31. The molecule has 1 N–H and O–H groups in total. The highest BCUT2D eigenvalue weighted by molar-refractivity contribution is 7.89. The first-order valence-corrected chi connectivity index (χ1v) is 9.87. The Balaban J connectivity index is 2.23. The summed E-state index contributed by atoms with van der Waals surface area (Å²) >= 11 is 0. The van der Waals surface area contributed by atoms with E-state index in [2.05, 4.69) is 16.5 Å². The van der Waals surface area contributed by atoms with Crippen molar-refractivity contribution in [3.63, 3.8) is 0 Å². The number of methoxy groups -OCH3 is 2. The Morgan fingerprint density at radius 1 is 1.25 bits per heavy atom. The van der Waals surface area contributed by atoms with Gasteiger partial charge in [0.05, 0.1) is 14.2 Å². The third-order valence-electron chi connectivity index (χ3n) is 4.34. The maximum Gasteiger partial charge on any atom is 0.244 e. The second-order valence-electron chi connectivity index (χ2n) is 6.23. The summed E-state index contributed by atoms with van der Waals surface area (Å²) in [5.41, 5.74) is 0.833. The van der Waals surface area contributed by atoms with Crippen molar-refractivity contribution in [2.75, 3.05) is 33.9 Å². The van der Waals surface area contributed by atoms with Gasteiger partial charge in [0.25, 0.3) is 0 Å². The van der Waals surface area contributed by atoms with Crippen molar-refractivity contribution in [2.24, 2.45) is 0 Å². The van der Waals surface area contributed by atoms with Crippen molar-refractivity contribution < 1.29 is 17.9 Å². The molecule has 0 aromatic heterocycles. The lowest BCUT2D eigenvalue weighted by atomic mass is 10.1. The highest BCUT2D eigenvalue weighted by atomic mass is 32.2. The monoisotopic (exact) mass is 356 g/mol. The van der Waals surface area contributed by atoms with E-state index in [9.17, 15) is 8.42 Å². The molecule has 1 aliphatic rings. The predicted octanol–water partition coefficient (Wildman–Crippen LogP) is 2.16. The van der Waals surface area contributed by atoms with Gasteiger partial charge in [-0.05, 0) is 50.9 Å². The van der Waals surface area contributed by atoms with Gasteiger partial charge >= 0.3 is 0 Å². The molecule has 24 heavy (non-hydrogen) atoms. The topological polar surface area (TPSA) is 67.9 Å². The van der Waals surface area contributed by atoms with Gasteiger partial charge in [-0.3, -0.25) is 0 Å². The minimum Gasteiger partial charge on any atom is -0.496 e. The number of hydrogen-bond acceptors (Lipinski definition) is 5. The van der Waals surface area contributed by atoms with E-state index in [1.54, 1.807) is 6.07 Å². The molecule has 0 bridgehead atoms. The summed E-state index contributed by atoms with van der Waals surface area (Å²) in [6.07, 6.45) is 2.93. The van der Waals surface area contributed by atoms with Crippen LogP contribution in [0.15, 0.2) is 17.0 Å². The summed E-state index contributed by atoms with van der Waals surface area (Å²) in [6.45, 7) is 6.78. The van der Waals surface area contributed by atoms with E-state index >= 15 is 0 Å². The first kappa shape index (κ1) is 19.0. The number of sulfonamides is 1. The molecule has 0 spiro atoms. The number of hydrogen-bond donors (Lipinski definition) is 1. The van der Waals surface area contributed by atoms with Crippen molar-refractivity contribution in [1.82, 2.24) is 9.62 Å². The Labute approximate surface area is 145 Å². The van der Waals surface area contributed by atoms with Crippen LogP contribution in [-0.4, -0.2) is 53.2 Å². The smallest absolute Gasteiger partial charge is 0.244 e. The Bertz CT molecular complexity index is 659. The van der Waals surface area contributed by atoms with Crippen LogP contribution in [0.2, 0.25) is 0 Å². The van der Waals surface area contributed by atoms with Crippen LogP contribution in [-0.2, 0) is 10.0 Å². The summed E-state index contributed by atoms with van der Waals surface area (Å²) in [5, 5.41) is 0. The van der Waals surface area contributed by atoms with E-state index in [0.29, 0.717) is 11.5 Å². The molecule has 1 aliphatic heterocycles. The maximum absolute atomic E-state index is 12.9. The third-order valence-corrected chi connectivity index (χ3v) is 5.88. The van der Waals surface area contributed by atoms with Gasteiger partial charge in [-0.25, -0.2) is 13.1 Å². The minimum atomic E-state index is -3.67. The molecule has 1 aromatic carbocycles. The second kappa shape index (κ2) is 8.18. The van der Waals surface area contributed by atoms with E-state index < -0.39 is 10.0 Å². The number of likely N-dealkylation sites (tertiary alicyclic amines) is 1. The van der Waals surface area contributed by atoms with Crippen LogP contribution in [0.25, 0.3) is 0 Å². The average Bonchev–Trinajstić information content (AvgIpc) is 2.54. The zero-order valence-corrected chi connectivity index (χ0v) is 15.8. The van der Waals surface area contributed by atoms with Crippen molar-refractivity contribution in [1.29, 1.82) is 0 Å². The van der Waals surface area contributed by atoms with Crippen molar-refractivity contribution in [3.8, 4) is 11.5 Å². The quantitative estimate of drug-likeness (QED) is 0.811. The number of nitrogens with zero attached hydrogens (tertiary/aromatic N) is 1. The van der Waals surface area contributed by atoms with Gasteiger partial charge in [0.2, 0.25) is 10.0 Å². The van der Waals surface area contributed by atoms with Crippen LogP contribution in [0, 0.1) is 6.92 Å². The summed E-state index contributed by atoms with van der Waals surface area (Å²) in [6, 6.07) is 3.15. The number of piperidine rings is 1. The fraction of sp³-hybridized carbons (Fsp3) is 0.647. The van der Waals surface area contributed by atoms with Gasteiger partial charge < -0.3 is 14.4 Å². The van der Waals surface area contributed by atoms with Gasteiger partial charge in [0.1, 0.15) is 16.4 Å². The first-order chi connectivity index (χ1) is 11.4. The molecule has 1 fully saturated rings. The van der Waals surface area contributed by atoms with Crippen molar-refractivity contribution in [3.05, 3.63) is 17.7 Å². The molecular weight excluding hydrogens is 328 g/mol. The minimum absolute atomic E-state index is 0.0766. The summed E-state index contributed by atoms with van der Waals surface area (Å²) in [4.78, 5) is 2.43. The van der Waals surface area contributed by atoms with Gasteiger partial charge in [-0.15, -0.1) is 0 Å². The van der Waals surface area contributed by atoms with Crippen LogP contribution >= 0.6 is 0 Å². The number of rotatable bonds is 7. The average molecular weight is 356 g/mol.